The number of hydrogen-bond acceptors (Lipinski definition) is 5. The number of halogens is 2. The summed E-state index contributed by atoms with van der Waals surface area (Å²) >= 11 is 12.3. The fraction of sp³-hybridized carbons (Fsp3) is 0.444. The molecule has 1 fully saturated rings. The quantitative estimate of drug-likeness (QED) is 0.671. The van der Waals surface area contributed by atoms with Crippen LogP contribution in [0.1, 0.15) is 30.7 Å². The number of hydrogen-bond donors (Lipinski definition) is 3. The third-order valence-corrected chi connectivity index (χ3v) is 5.35. The maximum atomic E-state index is 12.1. The Morgan fingerprint density at radius 3 is 2.70 bits per heavy atom. The predicted octanol–water partition coefficient (Wildman–Crippen LogP) is 1.84. The molecule has 3 rings (SSSR count). The zero-order valence-corrected chi connectivity index (χ0v) is 16.3. The first-order chi connectivity index (χ1) is 12.9. The van der Waals surface area contributed by atoms with Gasteiger partial charge in [-0.05, 0) is 18.6 Å². The molecule has 1 aliphatic rings. The molecule has 146 valence electrons. The number of aromatic nitrogens is 2. The van der Waals surface area contributed by atoms with E-state index in [2.05, 4.69) is 10.3 Å². The van der Waals surface area contributed by atoms with Gasteiger partial charge in [-0.15, -0.1) is 0 Å². The monoisotopic (exact) mass is 413 g/mol. The number of H-pyrrole nitrogens is 1. The van der Waals surface area contributed by atoms with Gasteiger partial charge in [0.1, 0.15) is 6.23 Å². The minimum absolute atomic E-state index is 0.258. The van der Waals surface area contributed by atoms with Crippen molar-refractivity contribution in [2.45, 2.75) is 44.7 Å². The van der Waals surface area contributed by atoms with Crippen LogP contribution in [0.2, 0.25) is 10.0 Å². The van der Waals surface area contributed by atoms with Crippen LogP contribution in [0.4, 0.5) is 0 Å². The van der Waals surface area contributed by atoms with E-state index < -0.39 is 29.7 Å². The molecule has 3 atom stereocenters. The maximum absolute atomic E-state index is 12.1. The molecule has 0 radical (unpaired) electrons. The van der Waals surface area contributed by atoms with Crippen molar-refractivity contribution >= 4 is 23.2 Å². The van der Waals surface area contributed by atoms with Crippen LogP contribution >= 0.6 is 23.2 Å². The summed E-state index contributed by atoms with van der Waals surface area (Å²) in [5.41, 5.74) is 0.315. The van der Waals surface area contributed by atoms with Crippen molar-refractivity contribution in [3.05, 3.63) is 66.4 Å². The number of aliphatic hydroxyl groups excluding tert-OH is 1. The predicted molar refractivity (Wildman–Crippen MR) is 103 cm³/mol. The van der Waals surface area contributed by atoms with Crippen LogP contribution in [0.5, 0.6) is 0 Å². The lowest BCUT2D eigenvalue weighted by molar-refractivity contribution is -0.0194. The number of aromatic amines is 1. The summed E-state index contributed by atoms with van der Waals surface area (Å²) in [6.07, 6.45) is 0.374. The molecule has 1 saturated heterocycles. The second kappa shape index (κ2) is 8.58. The first-order valence-electron chi connectivity index (χ1n) is 8.72. The lowest BCUT2D eigenvalue weighted by Crippen LogP contribution is -2.35. The zero-order chi connectivity index (χ0) is 19.6. The molecule has 3 N–H and O–H groups in total. The van der Waals surface area contributed by atoms with E-state index in [4.69, 9.17) is 27.9 Å². The van der Waals surface area contributed by atoms with Crippen LogP contribution in [0, 0.1) is 0 Å². The maximum Gasteiger partial charge on any atom is 0.330 e. The van der Waals surface area contributed by atoms with E-state index in [1.165, 1.54) is 10.8 Å². The van der Waals surface area contributed by atoms with Crippen molar-refractivity contribution in [3.63, 3.8) is 0 Å². The molecule has 2 aromatic rings. The minimum Gasteiger partial charge on any atom is -0.390 e. The van der Waals surface area contributed by atoms with Crippen molar-refractivity contribution in [1.82, 2.24) is 14.9 Å². The van der Waals surface area contributed by atoms with Crippen LogP contribution in [-0.4, -0.2) is 33.4 Å². The van der Waals surface area contributed by atoms with E-state index in [-0.39, 0.29) is 6.42 Å². The molecule has 7 nitrogen and oxygen atoms in total. The molecule has 1 aromatic carbocycles. The van der Waals surface area contributed by atoms with Crippen LogP contribution in [-0.2, 0) is 17.7 Å². The van der Waals surface area contributed by atoms with Gasteiger partial charge in [0.25, 0.3) is 5.56 Å². The second-order valence-corrected chi connectivity index (χ2v) is 7.25. The van der Waals surface area contributed by atoms with Gasteiger partial charge in [-0.1, -0.05) is 36.2 Å². The summed E-state index contributed by atoms with van der Waals surface area (Å²) in [6.45, 7) is 2.61. The lowest BCUT2D eigenvalue weighted by Gasteiger charge is -2.17. The molecule has 0 aliphatic carbocycles. The number of nitrogens with zero attached hydrogens (tertiary/aromatic N) is 1. The fourth-order valence-corrected chi connectivity index (χ4v) is 3.63. The number of benzene rings is 1. The number of aryl methyl sites for hydroxylation is 1. The van der Waals surface area contributed by atoms with Crippen molar-refractivity contribution in [3.8, 4) is 0 Å². The Balaban J connectivity index is 1.65. The lowest BCUT2D eigenvalue weighted by atomic mass is 10.1. The van der Waals surface area contributed by atoms with Crippen molar-refractivity contribution in [2.75, 3.05) is 6.54 Å². The zero-order valence-electron chi connectivity index (χ0n) is 14.7. The van der Waals surface area contributed by atoms with E-state index in [1.54, 1.807) is 18.2 Å². The van der Waals surface area contributed by atoms with Crippen molar-refractivity contribution in [1.29, 1.82) is 0 Å². The minimum atomic E-state index is -0.742. The molecule has 0 amide bonds. The van der Waals surface area contributed by atoms with Crippen LogP contribution < -0.4 is 16.6 Å². The van der Waals surface area contributed by atoms with Gasteiger partial charge in [0.15, 0.2) is 0 Å². The molecular formula is C18H21Cl2N3O4. The Bertz CT molecular complexity index is 907. The average molecular weight is 414 g/mol. The highest BCUT2D eigenvalue weighted by Gasteiger charge is 2.35. The largest absolute Gasteiger partial charge is 0.390 e. The van der Waals surface area contributed by atoms with E-state index in [0.717, 1.165) is 5.56 Å². The number of nitrogens with one attached hydrogen (secondary N) is 2. The summed E-state index contributed by atoms with van der Waals surface area (Å²) < 4.78 is 7.17. The molecular weight excluding hydrogens is 393 g/mol. The first-order valence-corrected chi connectivity index (χ1v) is 9.47. The Morgan fingerprint density at radius 2 is 2.04 bits per heavy atom. The molecule has 9 heteroatoms. The molecule has 0 spiro atoms. The number of rotatable bonds is 6. The molecule has 2 heterocycles. The van der Waals surface area contributed by atoms with Gasteiger partial charge in [-0.25, -0.2) is 4.79 Å². The van der Waals surface area contributed by atoms with Gasteiger partial charge in [0, 0.05) is 46.9 Å². The summed E-state index contributed by atoms with van der Waals surface area (Å²) in [6, 6.07) is 5.29. The molecule has 0 saturated carbocycles. The third-order valence-electron chi connectivity index (χ3n) is 4.65. The SMILES string of the molecule is CCc1cn([C@H]2C[C@H](O)[C@@H](CNCc3c(Cl)cccc3Cl)O2)c(=O)[nH]c1=O. The summed E-state index contributed by atoms with van der Waals surface area (Å²) in [4.78, 5) is 26.1. The van der Waals surface area contributed by atoms with Crippen LogP contribution in [0.3, 0.4) is 0 Å². The molecule has 0 bridgehead atoms. The summed E-state index contributed by atoms with van der Waals surface area (Å²) in [7, 11) is 0. The highest BCUT2D eigenvalue weighted by Crippen LogP contribution is 2.28. The molecule has 1 aromatic heterocycles. The van der Waals surface area contributed by atoms with Gasteiger partial charge in [-0.3, -0.25) is 14.3 Å². The Kier molecular flexibility index (Phi) is 6.39. The highest BCUT2D eigenvalue weighted by molar-refractivity contribution is 6.35. The normalized spacial score (nSPS) is 22.3. The Hall–Kier alpha value is -1.64. The second-order valence-electron chi connectivity index (χ2n) is 6.44. The smallest absolute Gasteiger partial charge is 0.330 e. The molecule has 0 unspecified atom stereocenters. The van der Waals surface area contributed by atoms with Gasteiger partial charge >= 0.3 is 5.69 Å². The third kappa shape index (κ3) is 4.44. The van der Waals surface area contributed by atoms with Gasteiger partial charge in [0.2, 0.25) is 0 Å². The van der Waals surface area contributed by atoms with Gasteiger partial charge in [0.05, 0.1) is 12.2 Å². The van der Waals surface area contributed by atoms with Gasteiger partial charge in [-0.2, -0.15) is 0 Å². The Labute approximate surface area is 165 Å². The van der Waals surface area contributed by atoms with E-state index >= 15 is 0 Å². The molecule has 27 heavy (non-hydrogen) atoms. The fourth-order valence-electron chi connectivity index (χ4n) is 3.10. The number of ether oxygens (including phenoxy) is 1. The van der Waals surface area contributed by atoms with Gasteiger partial charge < -0.3 is 15.2 Å². The Morgan fingerprint density at radius 1 is 1.33 bits per heavy atom. The highest BCUT2D eigenvalue weighted by atomic mass is 35.5. The summed E-state index contributed by atoms with van der Waals surface area (Å²) in [5.74, 6) is 0. The first kappa shape index (κ1) is 20.1. The van der Waals surface area contributed by atoms with Crippen LogP contribution in [0.15, 0.2) is 34.0 Å². The van der Waals surface area contributed by atoms with E-state index in [9.17, 15) is 14.7 Å². The topological polar surface area (TPSA) is 96.3 Å². The van der Waals surface area contributed by atoms with Crippen LogP contribution in [0.25, 0.3) is 0 Å². The van der Waals surface area contributed by atoms with E-state index in [1.807, 2.05) is 6.92 Å². The molecule has 1 aliphatic heterocycles. The van der Waals surface area contributed by atoms with Crippen molar-refractivity contribution < 1.29 is 9.84 Å². The standard InChI is InChI=1S/C18H21Cl2N3O4/c1-2-10-9-23(18(26)22-17(10)25)16-6-14(24)15(27-16)8-21-7-11-12(19)4-3-5-13(11)20/h3-5,9,14-16,21,24H,2,6-8H2,1H3,(H,22,25,26)/t14-,15+,16+/m0/s1. The van der Waals surface area contributed by atoms with Crippen molar-refractivity contribution in [2.24, 2.45) is 0 Å². The summed E-state index contributed by atoms with van der Waals surface area (Å²) in [5, 5.41) is 14.6. The average Bonchev–Trinajstić information content (AvgIpc) is 2.98. The number of aliphatic hydroxyl groups is 1. The van der Waals surface area contributed by atoms with E-state index in [0.29, 0.717) is 35.1 Å².